The number of carboxylic acid groups (broad SMARTS) is 1. The molecule has 0 heterocycles. The zero-order chi connectivity index (χ0) is 15.8. The van der Waals surface area contributed by atoms with Gasteiger partial charge in [-0.3, -0.25) is 4.79 Å². The average Bonchev–Trinajstić information content (AvgIpc) is 3.10. The normalized spacial score (nSPS) is 55.5. The van der Waals surface area contributed by atoms with Crippen LogP contribution in [0.1, 0.15) is 51.4 Å². The van der Waals surface area contributed by atoms with Crippen molar-refractivity contribution in [2.75, 3.05) is 0 Å². The zero-order valence-electron chi connectivity index (χ0n) is 13.9. The lowest BCUT2D eigenvalue weighted by Gasteiger charge is -2.67. The molecule has 0 amide bonds. The summed E-state index contributed by atoms with van der Waals surface area (Å²) in [5, 5.41) is 9.98. The summed E-state index contributed by atoms with van der Waals surface area (Å²) < 4.78 is 0. The Hall–Kier alpha value is -1.05. The van der Waals surface area contributed by atoms with Gasteiger partial charge in [0.15, 0.2) is 0 Å². The topological polar surface area (TPSA) is 37.3 Å². The molecule has 0 radical (unpaired) electrons. The lowest BCUT2D eigenvalue weighted by atomic mass is 9.37. The van der Waals surface area contributed by atoms with Crippen LogP contribution in [0.25, 0.3) is 0 Å². The summed E-state index contributed by atoms with van der Waals surface area (Å²) in [5.74, 6) is 3.13. The number of hydrogen-bond acceptors (Lipinski definition) is 1. The summed E-state index contributed by atoms with van der Waals surface area (Å²) >= 11 is 0. The van der Waals surface area contributed by atoms with Crippen molar-refractivity contribution in [1.82, 2.24) is 0 Å². The van der Waals surface area contributed by atoms with Gasteiger partial charge < -0.3 is 5.11 Å². The fourth-order valence-electron chi connectivity index (χ4n) is 8.35. The second-order valence-corrected chi connectivity index (χ2v) is 9.33. The summed E-state index contributed by atoms with van der Waals surface area (Å²) in [5.41, 5.74) is 0.104. The van der Waals surface area contributed by atoms with Gasteiger partial charge in [-0.25, -0.2) is 0 Å². The lowest BCUT2D eigenvalue weighted by Crippen LogP contribution is -2.61. The molecule has 5 fully saturated rings. The van der Waals surface area contributed by atoms with Crippen molar-refractivity contribution in [2.45, 2.75) is 51.4 Å². The van der Waals surface area contributed by atoms with Crippen LogP contribution in [-0.2, 0) is 4.79 Å². The van der Waals surface area contributed by atoms with E-state index in [0.29, 0.717) is 5.92 Å². The monoisotopic (exact) mass is 312 g/mol. The minimum absolute atomic E-state index is 0.0830. The quantitative estimate of drug-likeness (QED) is 0.766. The molecule has 0 spiro atoms. The molecule has 0 saturated heterocycles. The molecule has 3 unspecified atom stereocenters. The second kappa shape index (κ2) is 4.52. The van der Waals surface area contributed by atoms with E-state index < -0.39 is 5.97 Å². The van der Waals surface area contributed by atoms with Crippen LogP contribution >= 0.6 is 0 Å². The van der Waals surface area contributed by atoms with Crippen LogP contribution in [0.15, 0.2) is 24.8 Å². The number of rotatable bonds is 4. The summed E-state index contributed by atoms with van der Waals surface area (Å²) in [4.78, 5) is 12.1. The van der Waals surface area contributed by atoms with Crippen LogP contribution in [-0.4, -0.2) is 11.1 Å². The van der Waals surface area contributed by atoms with E-state index in [1.165, 1.54) is 32.1 Å². The minimum Gasteiger partial charge on any atom is -0.481 e. The van der Waals surface area contributed by atoms with Gasteiger partial charge in [-0.05, 0) is 86.4 Å². The van der Waals surface area contributed by atoms with Crippen molar-refractivity contribution in [1.29, 1.82) is 0 Å². The molecule has 0 aromatic carbocycles. The van der Waals surface area contributed by atoms with Gasteiger partial charge in [-0.1, -0.05) is 18.2 Å². The highest BCUT2D eigenvalue weighted by molar-refractivity contribution is 5.73. The van der Waals surface area contributed by atoms with E-state index in [-0.39, 0.29) is 16.7 Å². The molecule has 124 valence electrons. The number of aliphatic carboxylic acids is 1. The molecule has 1 N–H and O–H groups in total. The number of carbonyl (C=O) groups is 1. The summed E-state index contributed by atoms with van der Waals surface area (Å²) in [6.07, 6.45) is 16.7. The maximum atomic E-state index is 12.1. The van der Waals surface area contributed by atoms with Crippen molar-refractivity contribution in [2.24, 2.45) is 46.3 Å². The first-order valence-electron chi connectivity index (χ1n) is 9.62. The Bertz CT molecular complexity index is 561. The smallest absolute Gasteiger partial charge is 0.307 e. The van der Waals surface area contributed by atoms with Gasteiger partial charge in [0.25, 0.3) is 0 Å². The molecule has 0 aliphatic heterocycles. The zero-order valence-corrected chi connectivity index (χ0v) is 13.9. The van der Waals surface area contributed by atoms with Gasteiger partial charge in [0.1, 0.15) is 0 Å². The van der Waals surface area contributed by atoms with Crippen molar-refractivity contribution in [3.8, 4) is 0 Å². The second-order valence-electron chi connectivity index (χ2n) is 9.33. The van der Waals surface area contributed by atoms with Gasteiger partial charge in [0.2, 0.25) is 0 Å². The summed E-state index contributed by atoms with van der Waals surface area (Å²) in [6.45, 7) is 4.11. The maximum Gasteiger partial charge on any atom is 0.307 e. The van der Waals surface area contributed by atoms with E-state index in [4.69, 9.17) is 0 Å². The van der Waals surface area contributed by atoms with Crippen LogP contribution in [0.2, 0.25) is 0 Å². The van der Waals surface area contributed by atoms with Gasteiger partial charge >= 0.3 is 5.97 Å². The Labute approximate surface area is 139 Å². The SMILES string of the molecule is C=CCC1(C23C=CC(CC2C(=O)O)C3)C2CC3CC(C2)CC1C3. The van der Waals surface area contributed by atoms with Crippen LogP contribution in [0, 0.1) is 46.3 Å². The van der Waals surface area contributed by atoms with Crippen molar-refractivity contribution in [3.63, 3.8) is 0 Å². The molecule has 3 atom stereocenters. The number of hydrogen-bond donors (Lipinski definition) is 1. The molecule has 6 aliphatic rings. The molecule has 2 nitrogen and oxygen atoms in total. The van der Waals surface area contributed by atoms with E-state index in [0.717, 1.165) is 42.9 Å². The van der Waals surface area contributed by atoms with Crippen LogP contribution in [0.5, 0.6) is 0 Å². The highest BCUT2D eigenvalue weighted by Gasteiger charge is 2.70. The Morgan fingerprint density at radius 1 is 1.13 bits per heavy atom. The van der Waals surface area contributed by atoms with Crippen LogP contribution in [0.3, 0.4) is 0 Å². The third-order valence-electron chi connectivity index (χ3n) is 8.67. The van der Waals surface area contributed by atoms with E-state index in [9.17, 15) is 9.90 Å². The highest BCUT2D eigenvalue weighted by atomic mass is 16.4. The third kappa shape index (κ3) is 1.58. The fraction of sp³-hybridized carbons (Fsp3) is 0.762. The fourth-order valence-corrected chi connectivity index (χ4v) is 8.35. The Morgan fingerprint density at radius 3 is 2.30 bits per heavy atom. The largest absolute Gasteiger partial charge is 0.481 e. The maximum absolute atomic E-state index is 12.1. The first-order chi connectivity index (χ1) is 11.1. The van der Waals surface area contributed by atoms with E-state index >= 15 is 0 Å². The van der Waals surface area contributed by atoms with Crippen LogP contribution < -0.4 is 0 Å². The molecular formula is C21H28O2. The standard InChI is InChI=1S/C21H28O2/c1-2-4-21(16-7-14-6-15(9-16)10-17(21)8-14)20-5-3-13(12-20)11-18(20)19(22)23/h2-3,5,13-18H,1,4,6-12H2,(H,22,23). The molecule has 6 aliphatic carbocycles. The summed E-state index contributed by atoms with van der Waals surface area (Å²) in [6, 6.07) is 0. The molecule has 2 heteroatoms. The molecule has 6 rings (SSSR count). The van der Waals surface area contributed by atoms with Crippen molar-refractivity contribution < 1.29 is 9.90 Å². The van der Waals surface area contributed by atoms with Gasteiger partial charge in [0, 0.05) is 5.41 Å². The van der Waals surface area contributed by atoms with Gasteiger partial charge in [0.05, 0.1) is 5.92 Å². The average molecular weight is 312 g/mol. The van der Waals surface area contributed by atoms with E-state index in [1.807, 2.05) is 0 Å². The number of carboxylic acids is 1. The molecule has 23 heavy (non-hydrogen) atoms. The Kier molecular flexibility index (Phi) is 2.81. The molecule has 0 aromatic rings. The Morgan fingerprint density at radius 2 is 1.78 bits per heavy atom. The molecular weight excluding hydrogens is 284 g/mol. The minimum atomic E-state index is -0.547. The van der Waals surface area contributed by atoms with E-state index in [2.05, 4.69) is 24.8 Å². The van der Waals surface area contributed by atoms with Gasteiger partial charge in [-0.15, -0.1) is 6.58 Å². The van der Waals surface area contributed by atoms with Crippen LogP contribution in [0.4, 0.5) is 0 Å². The number of fused-ring (bicyclic) bond motifs is 3. The van der Waals surface area contributed by atoms with Crippen molar-refractivity contribution >= 4 is 5.97 Å². The first kappa shape index (κ1) is 14.3. The molecule has 6 bridgehead atoms. The first-order valence-corrected chi connectivity index (χ1v) is 9.62. The number of allylic oxidation sites excluding steroid dienone is 3. The molecule has 5 saturated carbocycles. The lowest BCUT2D eigenvalue weighted by molar-refractivity contribution is -0.183. The third-order valence-corrected chi connectivity index (χ3v) is 8.67. The Balaban J connectivity index is 1.66. The van der Waals surface area contributed by atoms with Gasteiger partial charge in [-0.2, -0.15) is 0 Å². The highest BCUT2D eigenvalue weighted by Crippen LogP contribution is 2.75. The summed E-state index contributed by atoms with van der Waals surface area (Å²) in [7, 11) is 0. The predicted octanol–water partition coefficient (Wildman–Crippen LogP) is 4.67. The molecule has 0 aromatic heterocycles. The van der Waals surface area contributed by atoms with E-state index in [1.54, 1.807) is 0 Å². The predicted molar refractivity (Wildman–Crippen MR) is 89.7 cm³/mol. The van der Waals surface area contributed by atoms with Crippen molar-refractivity contribution in [3.05, 3.63) is 24.8 Å².